The van der Waals surface area contributed by atoms with E-state index in [9.17, 15) is 19.7 Å². The van der Waals surface area contributed by atoms with Crippen LogP contribution in [0.5, 0.6) is 11.5 Å². The third-order valence-corrected chi connectivity index (χ3v) is 5.50. The van der Waals surface area contributed by atoms with E-state index in [2.05, 4.69) is 0 Å². The Morgan fingerprint density at radius 1 is 1.46 bits per heavy atom. The van der Waals surface area contributed by atoms with Crippen LogP contribution in [0.15, 0.2) is 11.0 Å². The second kappa shape index (κ2) is 9.22. The Hall–Kier alpha value is -2.37. The van der Waals surface area contributed by atoms with Gasteiger partial charge in [0.1, 0.15) is 9.34 Å². The van der Waals surface area contributed by atoms with Crippen LogP contribution in [-0.4, -0.2) is 51.9 Å². The molecule has 9 nitrogen and oxygen atoms in total. The summed E-state index contributed by atoms with van der Waals surface area (Å²) < 4.78 is 10.5. The minimum atomic E-state index is -0.978. The van der Waals surface area contributed by atoms with Crippen molar-refractivity contribution in [2.24, 2.45) is 0 Å². The van der Waals surface area contributed by atoms with Crippen molar-refractivity contribution >= 4 is 63.5 Å². The molecule has 0 spiro atoms. The van der Waals surface area contributed by atoms with Gasteiger partial charge >= 0.3 is 5.97 Å². The molecule has 0 unspecified atom stereocenters. The Labute approximate surface area is 174 Å². The maximum Gasteiger partial charge on any atom is 0.303 e. The molecular formula is C16H15ClN2O7S2. The largest absolute Gasteiger partial charge is 0.493 e. The van der Waals surface area contributed by atoms with Gasteiger partial charge in [-0.25, -0.2) is 0 Å². The smallest absolute Gasteiger partial charge is 0.303 e. The number of methoxy groups -OCH3 is 2. The van der Waals surface area contributed by atoms with Gasteiger partial charge in [-0.1, -0.05) is 35.6 Å². The number of halogens is 1. The summed E-state index contributed by atoms with van der Waals surface area (Å²) >= 11 is 12.4. The first kappa shape index (κ1) is 21.9. The van der Waals surface area contributed by atoms with Gasteiger partial charge < -0.3 is 14.6 Å². The average Bonchev–Trinajstić information content (AvgIpc) is 2.89. The molecule has 2 rings (SSSR count). The van der Waals surface area contributed by atoms with E-state index in [1.807, 2.05) is 0 Å². The van der Waals surface area contributed by atoms with Gasteiger partial charge in [0.2, 0.25) is 0 Å². The number of benzene rings is 1. The van der Waals surface area contributed by atoms with Crippen LogP contribution in [0.3, 0.4) is 0 Å². The Balaban J connectivity index is 2.44. The number of aliphatic carboxylic acids is 1. The molecule has 0 aliphatic carbocycles. The first-order valence-corrected chi connectivity index (χ1v) is 9.37. The topological polar surface area (TPSA) is 119 Å². The predicted molar refractivity (Wildman–Crippen MR) is 108 cm³/mol. The number of amides is 1. The van der Waals surface area contributed by atoms with E-state index in [-0.39, 0.29) is 56.4 Å². The molecule has 28 heavy (non-hydrogen) atoms. The lowest BCUT2D eigenvalue weighted by Gasteiger charge is -2.13. The number of thioether (sulfide) groups is 1. The quantitative estimate of drug-likeness (QED) is 0.277. The molecular weight excluding hydrogens is 432 g/mol. The highest BCUT2D eigenvalue weighted by Gasteiger charge is 2.33. The lowest BCUT2D eigenvalue weighted by molar-refractivity contribution is -0.385. The molecule has 1 aliphatic rings. The summed E-state index contributed by atoms with van der Waals surface area (Å²) in [4.78, 5) is 35.5. The lowest BCUT2D eigenvalue weighted by Crippen LogP contribution is -2.29. The van der Waals surface area contributed by atoms with Crippen molar-refractivity contribution in [2.75, 3.05) is 20.8 Å². The van der Waals surface area contributed by atoms with Crippen LogP contribution in [0.2, 0.25) is 5.02 Å². The number of ether oxygens (including phenoxy) is 2. The van der Waals surface area contributed by atoms with E-state index >= 15 is 0 Å². The van der Waals surface area contributed by atoms with Crippen LogP contribution in [0.25, 0.3) is 6.08 Å². The third-order valence-electron chi connectivity index (χ3n) is 3.75. The van der Waals surface area contributed by atoms with Crippen molar-refractivity contribution in [3.8, 4) is 11.5 Å². The molecule has 1 N–H and O–H groups in total. The van der Waals surface area contributed by atoms with E-state index in [1.165, 1.54) is 25.2 Å². The number of carboxylic acid groups (broad SMARTS) is 1. The van der Waals surface area contributed by atoms with Crippen LogP contribution >= 0.6 is 35.6 Å². The Morgan fingerprint density at radius 2 is 2.14 bits per heavy atom. The zero-order valence-corrected chi connectivity index (χ0v) is 17.2. The van der Waals surface area contributed by atoms with Crippen molar-refractivity contribution in [1.82, 2.24) is 4.90 Å². The molecule has 12 heteroatoms. The summed E-state index contributed by atoms with van der Waals surface area (Å²) in [6.45, 7) is 0.135. The molecule has 1 saturated heterocycles. The Morgan fingerprint density at radius 3 is 2.68 bits per heavy atom. The maximum absolute atomic E-state index is 12.6. The predicted octanol–water partition coefficient (Wildman–Crippen LogP) is 3.33. The fourth-order valence-electron chi connectivity index (χ4n) is 2.45. The number of nitrogens with zero attached hydrogens (tertiary/aromatic N) is 2. The number of hydrogen-bond acceptors (Lipinski definition) is 8. The molecule has 0 saturated carbocycles. The van der Waals surface area contributed by atoms with Crippen molar-refractivity contribution in [1.29, 1.82) is 0 Å². The molecule has 0 radical (unpaired) electrons. The summed E-state index contributed by atoms with van der Waals surface area (Å²) in [6, 6.07) is 1.16. The molecule has 1 aromatic carbocycles. The highest BCUT2D eigenvalue weighted by atomic mass is 35.5. The molecule has 1 heterocycles. The standard InChI is InChI=1S/C16H15ClN2O7S2/c1-25-10-7-9(19(23)24)8(13(17)14(10)26-2)6-11-15(22)18(16(27)28-11)5-3-4-12(20)21/h6-7H,3-5H2,1-2H3,(H,20,21)/b11-6-. The number of nitro groups is 1. The fourth-order valence-corrected chi connectivity index (χ4v) is 4.06. The van der Waals surface area contributed by atoms with E-state index in [0.717, 1.165) is 17.8 Å². The van der Waals surface area contributed by atoms with Gasteiger partial charge in [0.25, 0.3) is 11.6 Å². The molecule has 1 fully saturated rings. The minimum Gasteiger partial charge on any atom is -0.493 e. The summed E-state index contributed by atoms with van der Waals surface area (Å²) in [5, 5.41) is 20.1. The molecule has 1 aromatic rings. The molecule has 1 aliphatic heterocycles. The number of rotatable bonds is 8. The Bertz CT molecular complexity index is 888. The van der Waals surface area contributed by atoms with Gasteiger partial charge in [0.15, 0.2) is 11.5 Å². The maximum atomic E-state index is 12.6. The Kier molecular flexibility index (Phi) is 7.22. The summed E-state index contributed by atoms with van der Waals surface area (Å²) in [7, 11) is 2.65. The van der Waals surface area contributed by atoms with Crippen molar-refractivity contribution in [3.63, 3.8) is 0 Å². The van der Waals surface area contributed by atoms with E-state index < -0.39 is 16.8 Å². The number of carboxylic acids is 1. The van der Waals surface area contributed by atoms with Crippen LogP contribution in [0, 0.1) is 10.1 Å². The first-order chi connectivity index (χ1) is 13.2. The van der Waals surface area contributed by atoms with Crippen LogP contribution < -0.4 is 9.47 Å². The zero-order valence-electron chi connectivity index (χ0n) is 14.8. The van der Waals surface area contributed by atoms with Gasteiger partial charge in [-0.3, -0.25) is 24.6 Å². The van der Waals surface area contributed by atoms with E-state index in [0.29, 0.717) is 0 Å². The molecule has 150 valence electrons. The van der Waals surface area contributed by atoms with Crippen LogP contribution in [0.1, 0.15) is 18.4 Å². The SMILES string of the molecule is COc1cc([N+](=O)[O-])c(/C=C2\SC(=S)N(CCCC(=O)O)C2=O)c(Cl)c1OC. The van der Waals surface area contributed by atoms with Crippen LogP contribution in [-0.2, 0) is 9.59 Å². The van der Waals surface area contributed by atoms with E-state index in [4.69, 9.17) is 38.4 Å². The average molecular weight is 447 g/mol. The number of carbonyl (C=O) groups is 2. The normalized spacial score (nSPS) is 15.2. The van der Waals surface area contributed by atoms with Crippen molar-refractivity contribution < 1.29 is 29.1 Å². The van der Waals surface area contributed by atoms with Crippen molar-refractivity contribution in [2.45, 2.75) is 12.8 Å². The van der Waals surface area contributed by atoms with Crippen LogP contribution in [0.4, 0.5) is 5.69 Å². The highest BCUT2D eigenvalue weighted by molar-refractivity contribution is 8.26. The third kappa shape index (κ3) is 4.54. The number of nitro benzene ring substituents is 1. The first-order valence-electron chi connectivity index (χ1n) is 7.77. The number of hydrogen-bond donors (Lipinski definition) is 1. The highest BCUT2D eigenvalue weighted by Crippen LogP contribution is 2.45. The van der Waals surface area contributed by atoms with Crippen molar-refractivity contribution in [3.05, 3.63) is 31.7 Å². The summed E-state index contributed by atoms with van der Waals surface area (Å²) in [5.41, 5.74) is -0.380. The number of carbonyl (C=O) groups excluding carboxylic acids is 1. The molecule has 0 aromatic heterocycles. The van der Waals surface area contributed by atoms with Gasteiger partial charge in [-0.15, -0.1) is 0 Å². The second-order valence-corrected chi connectivity index (χ2v) is 7.50. The van der Waals surface area contributed by atoms with Gasteiger partial charge in [0, 0.05) is 13.0 Å². The molecule has 0 bridgehead atoms. The minimum absolute atomic E-state index is 0.0182. The van der Waals surface area contributed by atoms with Gasteiger partial charge in [0.05, 0.1) is 35.7 Å². The molecule has 0 atom stereocenters. The monoisotopic (exact) mass is 446 g/mol. The zero-order chi connectivity index (χ0) is 21.0. The summed E-state index contributed by atoms with van der Waals surface area (Å²) in [6.07, 6.45) is 1.40. The lowest BCUT2D eigenvalue weighted by atomic mass is 10.1. The van der Waals surface area contributed by atoms with Gasteiger partial charge in [-0.2, -0.15) is 0 Å². The second-order valence-electron chi connectivity index (χ2n) is 5.45. The molecule has 1 amide bonds. The number of thiocarbonyl (C=S) groups is 1. The van der Waals surface area contributed by atoms with E-state index in [1.54, 1.807) is 0 Å². The van der Waals surface area contributed by atoms with Gasteiger partial charge in [-0.05, 0) is 12.5 Å². The summed E-state index contributed by atoms with van der Waals surface area (Å²) in [5.74, 6) is -1.27. The fraction of sp³-hybridized carbons (Fsp3) is 0.312.